The van der Waals surface area contributed by atoms with Gasteiger partial charge in [-0.3, -0.25) is 10.8 Å². The van der Waals surface area contributed by atoms with Crippen molar-refractivity contribution in [3.63, 3.8) is 0 Å². The molecule has 9 heteroatoms. The molecule has 0 aromatic rings. The minimum Gasteiger partial charge on any atom is -0.475 e. The minimum atomic E-state index is -0.288. The molecule has 2 heterocycles. The Hall–Kier alpha value is -2.00. The van der Waals surface area contributed by atoms with E-state index in [0.717, 1.165) is 25.9 Å². The van der Waals surface area contributed by atoms with E-state index >= 15 is 0 Å². The lowest BCUT2D eigenvalue weighted by Gasteiger charge is -2.32. The molecular formula is C18H33N5O4. The number of carbonyl (C=O) groups excluding carboxylic acids is 1. The highest BCUT2D eigenvalue weighted by Gasteiger charge is 2.27. The van der Waals surface area contributed by atoms with E-state index in [9.17, 15) is 4.79 Å². The second-order valence-electron chi connectivity index (χ2n) is 7.23. The number of ether oxygens (including phenoxy) is 3. The molecule has 154 valence electrons. The van der Waals surface area contributed by atoms with E-state index in [2.05, 4.69) is 10.7 Å². The molecule has 0 radical (unpaired) electrons. The number of hydrazine groups is 1. The summed E-state index contributed by atoms with van der Waals surface area (Å²) < 4.78 is 16.9. The van der Waals surface area contributed by atoms with Crippen LogP contribution in [0, 0.1) is 5.41 Å². The molecule has 1 amide bonds. The Kier molecular flexibility index (Phi) is 8.18. The summed E-state index contributed by atoms with van der Waals surface area (Å²) in [5.41, 5.74) is 3.09. The van der Waals surface area contributed by atoms with Crippen molar-refractivity contribution >= 4 is 12.0 Å². The highest BCUT2D eigenvalue weighted by molar-refractivity contribution is 5.90. The standard InChI is InChI=1S/C18H33N5O4/c1-12(2)25-18(24)23-10-6-15(7-11-23)27-17(22-20)13(3)16(19)26-14-4-8-21-9-5-14/h12,14-15,19,21-22H,4-11,20H2,1-3H3/b17-13+,19-16?. The van der Waals surface area contributed by atoms with Crippen LogP contribution in [-0.2, 0) is 14.2 Å². The number of likely N-dealkylation sites (tertiary alicyclic amines) is 1. The second kappa shape index (κ2) is 10.4. The molecule has 0 bridgehead atoms. The van der Waals surface area contributed by atoms with Gasteiger partial charge in [-0.2, -0.15) is 0 Å². The molecular weight excluding hydrogens is 350 g/mol. The topological polar surface area (TPSA) is 122 Å². The van der Waals surface area contributed by atoms with Gasteiger partial charge in [-0.05, 0) is 46.7 Å². The lowest BCUT2D eigenvalue weighted by molar-refractivity contribution is 0.0258. The molecule has 0 aromatic heterocycles. The molecule has 0 spiro atoms. The molecule has 2 aliphatic heterocycles. The number of nitrogens with two attached hydrogens (primary N) is 1. The van der Waals surface area contributed by atoms with Crippen molar-refractivity contribution in [2.45, 2.75) is 64.8 Å². The molecule has 0 saturated carbocycles. The molecule has 2 rings (SSSR count). The third kappa shape index (κ3) is 6.59. The van der Waals surface area contributed by atoms with Crippen LogP contribution in [0.3, 0.4) is 0 Å². The first-order chi connectivity index (χ1) is 12.9. The number of amides is 1. The zero-order valence-corrected chi connectivity index (χ0v) is 16.5. The number of hydrogen-bond donors (Lipinski definition) is 4. The van der Waals surface area contributed by atoms with Crippen molar-refractivity contribution < 1.29 is 19.0 Å². The van der Waals surface area contributed by atoms with Crippen LogP contribution in [0.25, 0.3) is 0 Å². The summed E-state index contributed by atoms with van der Waals surface area (Å²) in [6.45, 7) is 8.36. The molecule has 0 unspecified atom stereocenters. The van der Waals surface area contributed by atoms with Crippen LogP contribution < -0.4 is 16.6 Å². The Labute approximate surface area is 161 Å². The summed E-state index contributed by atoms with van der Waals surface area (Å²) in [6, 6.07) is 0. The number of nitrogens with zero attached hydrogens (tertiary/aromatic N) is 1. The summed E-state index contributed by atoms with van der Waals surface area (Å²) in [5.74, 6) is 6.03. The highest BCUT2D eigenvalue weighted by atomic mass is 16.6. The van der Waals surface area contributed by atoms with Gasteiger partial charge in [-0.25, -0.2) is 10.6 Å². The molecule has 9 nitrogen and oxygen atoms in total. The Balaban J connectivity index is 1.85. The number of nitrogens with one attached hydrogen (secondary N) is 3. The van der Waals surface area contributed by atoms with Crippen molar-refractivity contribution in [2.24, 2.45) is 5.84 Å². The van der Waals surface area contributed by atoms with E-state index in [0.29, 0.717) is 37.4 Å². The van der Waals surface area contributed by atoms with E-state index in [-0.39, 0.29) is 30.3 Å². The zero-order valence-electron chi connectivity index (χ0n) is 16.5. The lowest BCUT2D eigenvalue weighted by atomic mass is 10.1. The fourth-order valence-corrected chi connectivity index (χ4v) is 3.10. The normalized spacial score (nSPS) is 20.1. The van der Waals surface area contributed by atoms with Crippen LogP contribution in [0.1, 0.15) is 46.5 Å². The smallest absolute Gasteiger partial charge is 0.410 e. The van der Waals surface area contributed by atoms with E-state index < -0.39 is 0 Å². The highest BCUT2D eigenvalue weighted by Crippen LogP contribution is 2.19. The first-order valence-electron chi connectivity index (χ1n) is 9.66. The quantitative estimate of drug-likeness (QED) is 0.180. The van der Waals surface area contributed by atoms with Gasteiger partial charge in [0.15, 0.2) is 0 Å². The van der Waals surface area contributed by atoms with Gasteiger partial charge in [0.2, 0.25) is 11.8 Å². The number of piperidine rings is 2. The molecule has 0 aliphatic carbocycles. The Morgan fingerprint density at radius 2 is 1.74 bits per heavy atom. The summed E-state index contributed by atoms with van der Waals surface area (Å²) in [5, 5.41) is 11.5. The van der Waals surface area contributed by atoms with Crippen molar-refractivity contribution in [1.82, 2.24) is 15.6 Å². The summed E-state index contributed by atoms with van der Waals surface area (Å²) in [6.07, 6.45) is 2.66. The maximum Gasteiger partial charge on any atom is 0.410 e. The first-order valence-corrected chi connectivity index (χ1v) is 9.66. The predicted octanol–water partition coefficient (Wildman–Crippen LogP) is 1.45. The molecule has 27 heavy (non-hydrogen) atoms. The van der Waals surface area contributed by atoms with Gasteiger partial charge in [0.1, 0.15) is 12.2 Å². The number of rotatable bonds is 6. The summed E-state index contributed by atoms with van der Waals surface area (Å²) >= 11 is 0. The van der Waals surface area contributed by atoms with Crippen molar-refractivity contribution in [3.05, 3.63) is 11.5 Å². The predicted molar refractivity (Wildman–Crippen MR) is 102 cm³/mol. The monoisotopic (exact) mass is 383 g/mol. The van der Waals surface area contributed by atoms with Crippen molar-refractivity contribution in [1.29, 1.82) is 5.41 Å². The van der Waals surface area contributed by atoms with E-state index in [1.807, 2.05) is 13.8 Å². The molecule has 2 aliphatic rings. The minimum absolute atomic E-state index is 0.0444. The van der Waals surface area contributed by atoms with Crippen LogP contribution in [-0.4, -0.2) is 61.4 Å². The lowest BCUT2D eigenvalue weighted by Crippen LogP contribution is -2.42. The summed E-state index contributed by atoms with van der Waals surface area (Å²) in [7, 11) is 0. The SMILES string of the molecule is C/C(C(=N)OC1CCNCC1)=C(/NN)OC1CCN(C(=O)OC(C)C)CC1. The first kappa shape index (κ1) is 21.3. The average molecular weight is 383 g/mol. The Bertz CT molecular complexity index is 538. The number of carbonyl (C=O) groups is 1. The van der Waals surface area contributed by atoms with Gasteiger partial charge in [-0.1, -0.05) is 0 Å². The fourth-order valence-electron chi connectivity index (χ4n) is 3.10. The zero-order chi connectivity index (χ0) is 19.8. The van der Waals surface area contributed by atoms with Crippen LogP contribution in [0.2, 0.25) is 0 Å². The van der Waals surface area contributed by atoms with Gasteiger partial charge >= 0.3 is 6.09 Å². The van der Waals surface area contributed by atoms with E-state index in [4.69, 9.17) is 25.5 Å². The molecule has 0 atom stereocenters. The third-order valence-corrected chi connectivity index (χ3v) is 4.70. The van der Waals surface area contributed by atoms with E-state index in [1.165, 1.54) is 0 Å². The average Bonchev–Trinajstić information content (AvgIpc) is 2.66. The van der Waals surface area contributed by atoms with Crippen LogP contribution >= 0.6 is 0 Å². The molecule has 2 fully saturated rings. The maximum atomic E-state index is 12.0. The van der Waals surface area contributed by atoms with Crippen molar-refractivity contribution in [3.8, 4) is 0 Å². The molecule has 0 aromatic carbocycles. The van der Waals surface area contributed by atoms with Crippen LogP contribution in [0.5, 0.6) is 0 Å². The molecule has 5 N–H and O–H groups in total. The van der Waals surface area contributed by atoms with Gasteiger partial charge in [-0.15, -0.1) is 0 Å². The third-order valence-electron chi connectivity index (χ3n) is 4.70. The van der Waals surface area contributed by atoms with Crippen LogP contribution in [0.4, 0.5) is 4.79 Å². The van der Waals surface area contributed by atoms with Gasteiger partial charge in [0.05, 0.1) is 11.7 Å². The maximum absolute atomic E-state index is 12.0. The fraction of sp³-hybridized carbons (Fsp3) is 0.778. The van der Waals surface area contributed by atoms with E-state index in [1.54, 1.807) is 11.8 Å². The largest absolute Gasteiger partial charge is 0.475 e. The Morgan fingerprint density at radius 3 is 2.30 bits per heavy atom. The van der Waals surface area contributed by atoms with Gasteiger partial charge in [0.25, 0.3) is 0 Å². The van der Waals surface area contributed by atoms with Crippen LogP contribution in [0.15, 0.2) is 11.5 Å². The molecule has 2 saturated heterocycles. The summed E-state index contributed by atoms with van der Waals surface area (Å²) in [4.78, 5) is 13.6. The Morgan fingerprint density at radius 1 is 1.15 bits per heavy atom. The van der Waals surface area contributed by atoms with Gasteiger partial charge in [0, 0.05) is 25.9 Å². The second-order valence-corrected chi connectivity index (χ2v) is 7.23. The van der Waals surface area contributed by atoms with Crippen molar-refractivity contribution in [2.75, 3.05) is 26.2 Å². The number of hydrogen-bond acceptors (Lipinski definition) is 8. The van der Waals surface area contributed by atoms with Gasteiger partial charge < -0.3 is 24.4 Å².